The molecule has 0 aliphatic carbocycles. The normalized spacial score (nSPS) is 17.2. The monoisotopic (exact) mass is 470 g/mol. The van der Waals surface area contributed by atoms with Gasteiger partial charge >= 0.3 is 0 Å². The van der Waals surface area contributed by atoms with Crippen LogP contribution in [0.2, 0.25) is 0 Å². The predicted octanol–water partition coefficient (Wildman–Crippen LogP) is 5.56. The minimum Gasteiger partial charge on any atom is -0.490 e. The zero-order valence-electron chi connectivity index (χ0n) is 18.9. The van der Waals surface area contributed by atoms with Crippen LogP contribution in [-0.4, -0.2) is 45.5 Å². The van der Waals surface area contributed by atoms with Crippen LogP contribution < -0.4 is 4.74 Å². The Hall–Kier alpha value is -3.58. The van der Waals surface area contributed by atoms with Crippen LogP contribution in [0.4, 0.5) is 0 Å². The summed E-state index contributed by atoms with van der Waals surface area (Å²) >= 11 is 1.46. The summed E-state index contributed by atoms with van der Waals surface area (Å²) in [6.45, 7) is 6.07. The van der Waals surface area contributed by atoms with Crippen molar-refractivity contribution < 1.29 is 9.53 Å². The molecular formula is C27H26N4O2S. The second kappa shape index (κ2) is 10.1. The number of para-hydroxylation sites is 1. The number of carbonyl (C=O) groups is 1. The van der Waals surface area contributed by atoms with Gasteiger partial charge < -0.3 is 9.64 Å². The van der Waals surface area contributed by atoms with E-state index >= 15 is 0 Å². The number of ether oxygens (including phenoxy) is 1. The van der Waals surface area contributed by atoms with Crippen LogP contribution >= 0.6 is 11.8 Å². The molecule has 34 heavy (non-hydrogen) atoms. The Balaban J connectivity index is 1.48. The van der Waals surface area contributed by atoms with Gasteiger partial charge in [0.2, 0.25) is 0 Å². The van der Waals surface area contributed by atoms with Gasteiger partial charge in [-0.25, -0.2) is 4.68 Å². The highest BCUT2D eigenvalue weighted by atomic mass is 32.2. The highest BCUT2D eigenvalue weighted by Crippen LogP contribution is 2.34. The lowest BCUT2D eigenvalue weighted by molar-refractivity contribution is -0.113. The fourth-order valence-electron chi connectivity index (χ4n) is 4.05. The highest BCUT2D eigenvalue weighted by molar-refractivity contribution is 8.18. The molecule has 1 fully saturated rings. The van der Waals surface area contributed by atoms with Gasteiger partial charge in [0.1, 0.15) is 12.4 Å². The first kappa shape index (κ1) is 22.2. The molecule has 0 saturated carbocycles. The number of piperidine rings is 1. The zero-order valence-corrected chi connectivity index (χ0v) is 19.7. The van der Waals surface area contributed by atoms with Gasteiger partial charge in [-0.2, -0.15) is 10.1 Å². The van der Waals surface area contributed by atoms with Gasteiger partial charge in [-0.05, 0) is 73.5 Å². The van der Waals surface area contributed by atoms with Gasteiger partial charge in [-0.15, -0.1) is 0 Å². The molecule has 6 nitrogen and oxygen atoms in total. The molecule has 5 rings (SSSR count). The van der Waals surface area contributed by atoms with E-state index in [-0.39, 0.29) is 5.91 Å². The summed E-state index contributed by atoms with van der Waals surface area (Å²) < 4.78 is 7.47. The molecule has 2 aromatic carbocycles. The summed E-state index contributed by atoms with van der Waals surface area (Å²) in [6.07, 6.45) is 9.13. The molecule has 0 N–H and O–H groups in total. The van der Waals surface area contributed by atoms with Crippen molar-refractivity contribution in [2.24, 2.45) is 4.99 Å². The largest absolute Gasteiger partial charge is 0.490 e. The Morgan fingerprint density at radius 3 is 2.53 bits per heavy atom. The lowest BCUT2D eigenvalue weighted by Crippen LogP contribution is -2.33. The Morgan fingerprint density at radius 2 is 1.79 bits per heavy atom. The molecule has 172 valence electrons. The predicted molar refractivity (Wildman–Crippen MR) is 138 cm³/mol. The van der Waals surface area contributed by atoms with Crippen molar-refractivity contribution in [1.82, 2.24) is 14.7 Å². The number of amides is 1. The maximum absolute atomic E-state index is 12.7. The zero-order chi connectivity index (χ0) is 23.3. The fraction of sp³-hybridized carbons (Fsp3) is 0.222. The van der Waals surface area contributed by atoms with Gasteiger partial charge in [0.25, 0.3) is 5.91 Å². The van der Waals surface area contributed by atoms with Gasteiger partial charge in [0.15, 0.2) is 5.17 Å². The lowest BCUT2D eigenvalue weighted by Gasteiger charge is -2.27. The average molecular weight is 471 g/mol. The van der Waals surface area contributed by atoms with Crippen molar-refractivity contribution in [2.75, 3.05) is 19.7 Å². The molecule has 7 heteroatoms. The Bertz CT molecular complexity index is 1240. The number of thioether (sulfide) groups is 1. The van der Waals surface area contributed by atoms with E-state index < -0.39 is 0 Å². The smallest absolute Gasteiger partial charge is 0.286 e. The summed E-state index contributed by atoms with van der Waals surface area (Å²) in [6, 6.07) is 17.8. The summed E-state index contributed by atoms with van der Waals surface area (Å²) in [5.74, 6) is 0.587. The Morgan fingerprint density at radius 1 is 1.03 bits per heavy atom. The quantitative estimate of drug-likeness (QED) is 0.349. The van der Waals surface area contributed by atoms with E-state index in [1.165, 1.54) is 18.2 Å². The topological polar surface area (TPSA) is 59.7 Å². The minimum atomic E-state index is -0.183. The fourth-order valence-corrected chi connectivity index (χ4v) is 5.01. The van der Waals surface area contributed by atoms with E-state index in [2.05, 4.69) is 16.5 Å². The van der Waals surface area contributed by atoms with Gasteiger partial charge in [0.05, 0.1) is 16.3 Å². The first-order valence-electron chi connectivity index (χ1n) is 11.5. The number of aliphatic imine (C=N–C) groups is 1. The molecule has 0 bridgehead atoms. The SMILES string of the molecule is C=CCOc1ccc(-c2nn(-c3ccccc3)cc2/C=C2\SC(N3CCCCC3)=NC2=O)cc1. The summed E-state index contributed by atoms with van der Waals surface area (Å²) in [4.78, 5) is 19.9. The third kappa shape index (κ3) is 4.84. The lowest BCUT2D eigenvalue weighted by atomic mass is 10.1. The van der Waals surface area contributed by atoms with Crippen LogP contribution in [0.5, 0.6) is 5.75 Å². The molecule has 1 saturated heterocycles. The van der Waals surface area contributed by atoms with Crippen molar-refractivity contribution in [3.05, 3.63) is 83.9 Å². The summed E-state index contributed by atoms with van der Waals surface area (Å²) in [5, 5.41) is 5.68. The minimum absolute atomic E-state index is 0.183. The molecule has 3 aromatic rings. The number of likely N-dealkylation sites (tertiary alicyclic amines) is 1. The van der Waals surface area contributed by atoms with Crippen LogP contribution in [0.1, 0.15) is 24.8 Å². The van der Waals surface area contributed by atoms with Crippen LogP contribution in [0.3, 0.4) is 0 Å². The van der Waals surface area contributed by atoms with Crippen molar-refractivity contribution in [2.45, 2.75) is 19.3 Å². The molecular weight excluding hydrogens is 444 g/mol. The van der Waals surface area contributed by atoms with E-state index in [1.54, 1.807) is 6.08 Å². The maximum atomic E-state index is 12.7. The molecule has 0 spiro atoms. The molecule has 0 radical (unpaired) electrons. The molecule has 3 heterocycles. The van der Waals surface area contributed by atoms with Crippen LogP contribution in [0.15, 0.2) is 83.3 Å². The number of amidine groups is 1. The van der Waals surface area contributed by atoms with Crippen molar-refractivity contribution in [3.8, 4) is 22.7 Å². The van der Waals surface area contributed by atoms with Crippen molar-refractivity contribution >= 4 is 28.9 Å². The molecule has 1 amide bonds. The van der Waals surface area contributed by atoms with E-state index in [0.717, 1.165) is 59.4 Å². The van der Waals surface area contributed by atoms with E-state index in [1.807, 2.05) is 71.6 Å². The van der Waals surface area contributed by atoms with Crippen molar-refractivity contribution in [1.29, 1.82) is 0 Å². The number of carbonyl (C=O) groups excluding carboxylic acids is 1. The number of benzene rings is 2. The Kier molecular flexibility index (Phi) is 6.62. The molecule has 1 aromatic heterocycles. The first-order valence-corrected chi connectivity index (χ1v) is 12.3. The molecule has 2 aliphatic heterocycles. The standard InChI is InChI=1S/C27H26N4O2S/c1-2-17-33-23-13-11-20(12-14-23)25-21(19-31(29-25)22-9-5-3-6-10-22)18-24-26(32)28-27(34-24)30-15-7-4-8-16-30/h2-3,5-6,9-14,18-19H,1,4,7-8,15-17H2/b24-18-. The number of rotatable bonds is 6. The molecule has 0 atom stereocenters. The summed E-state index contributed by atoms with van der Waals surface area (Å²) in [7, 11) is 0. The van der Waals surface area contributed by atoms with Crippen molar-refractivity contribution in [3.63, 3.8) is 0 Å². The van der Waals surface area contributed by atoms with Gasteiger partial charge in [-0.3, -0.25) is 4.79 Å². The van der Waals surface area contributed by atoms with E-state index in [0.29, 0.717) is 11.5 Å². The first-order chi connectivity index (χ1) is 16.7. The van der Waals surface area contributed by atoms with Crippen LogP contribution in [0, 0.1) is 0 Å². The van der Waals surface area contributed by atoms with Gasteiger partial charge in [0, 0.05) is 30.4 Å². The van der Waals surface area contributed by atoms with E-state index in [4.69, 9.17) is 9.84 Å². The highest BCUT2D eigenvalue weighted by Gasteiger charge is 2.27. The van der Waals surface area contributed by atoms with Crippen LogP contribution in [-0.2, 0) is 4.79 Å². The number of aromatic nitrogens is 2. The molecule has 0 unspecified atom stereocenters. The maximum Gasteiger partial charge on any atom is 0.286 e. The van der Waals surface area contributed by atoms with Crippen LogP contribution in [0.25, 0.3) is 23.0 Å². The molecule has 2 aliphatic rings. The summed E-state index contributed by atoms with van der Waals surface area (Å²) in [5.41, 5.74) is 3.57. The number of nitrogens with zero attached hydrogens (tertiary/aromatic N) is 4. The number of hydrogen-bond donors (Lipinski definition) is 0. The average Bonchev–Trinajstić information content (AvgIpc) is 3.48. The third-order valence-corrected chi connectivity index (χ3v) is 6.83. The van der Waals surface area contributed by atoms with E-state index in [9.17, 15) is 4.79 Å². The van der Waals surface area contributed by atoms with Gasteiger partial charge in [-0.1, -0.05) is 30.9 Å². The third-order valence-electron chi connectivity index (χ3n) is 5.78. The number of hydrogen-bond acceptors (Lipinski definition) is 5. The second-order valence-electron chi connectivity index (χ2n) is 8.20. The second-order valence-corrected chi connectivity index (χ2v) is 9.20. The Labute approximate surface area is 203 Å².